The van der Waals surface area contributed by atoms with Crippen LogP contribution in [0.15, 0.2) is 12.4 Å². The SMILES string of the molecule is COCCC(C)(C(=O)O)n1cc(Cl)cn1. The zero-order valence-corrected chi connectivity index (χ0v) is 9.36. The van der Waals surface area contributed by atoms with Crippen LogP contribution in [0.25, 0.3) is 0 Å². The maximum Gasteiger partial charge on any atom is 0.331 e. The van der Waals surface area contributed by atoms with Crippen LogP contribution < -0.4 is 0 Å². The lowest BCUT2D eigenvalue weighted by atomic mass is 9.99. The third-order valence-electron chi connectivity index (χ3n) is 2.31. The largest absolute Gasteiger partial charge is 0.479 e. The molecule has 0 saturated carbocycles. The van der Waals surface area contributed by atoms with E-state index < -0.39 is 11.5 Å². The second-order valence-electron chi connectivity index (χ2n) is 3.42. The fraction of sp³-hybridized carbons (Fsp3) is 0.556. The lowest BCUT2D eigenvalue weighted by molar-refractivity contribution is -0.148. The van der Waals surface area contributed by atoms with Crippen molar-refractivity contribution in [3.8, 4) is 0 Å². The van der Waals surface area contributed by atoms with Crippen molar-refractivity contribution >= 4 is 17.6 Å². The second kappa shape index (κ2) is 4.63. The summed E-state index contributed by atoms with van der Waals surface area (Å²) in [6, 6.07) is 0. The number of nitrogens with zero attached hydrogens (tertiary/aromatic N) is 2. The Morgan fingerprint density at radius 1 is 1.80 bits per heavy atom. The van der Waals surface area contributed by atoms with Crippen molar-refractivity contribution in [2.24, 2.45) is 0 Å². The number of halogens is 1. The summed E-state index contributed by atoms with van der Waals surface area (Å²) in [7, 11) is 1.53. The summed E-state index contributed by atoms with van der Waals surface area (Å²) >= 11 is 5.70. The number of hydrogen-bond donors (Lipinski definition) is 1. The zero-order valence-electron chi connectivity index (χ0n) is 8.61. The van der Waals surface area contributed by atoms with E-state index in [9.17, 15) is 4.79 Å². The molecule has 5 nitrogen and oxygen atoms in total. The summed E-state index contributed by atoms with van der Waals surface area (Å²) in [5, 5.41) is 13.5. The highest BCUT2D eigenvalue weighted by Gasteiger charge is 2.35. The predicted octanol–water partition coefficient (Wildman–Crippen LogP) is 1.37. The first-order valence-corrected chi connectivity index (χ1v) is 4.81. The summed E-state index contributed by atoms with van der Waals surface area (Å²) in [5.74, 6) is -0.959. The highest BCUT2D eigenvalue weighted by Crippen LogP contribution is 2.22. The normalized spacial score (nSPS) is 14.9. The van der Waals surface area contributed by atoms with Crippen molar-refractivity contribution in [3.05, 3.63) is 17.4 Å². The van der Waals surface area contributed by atoms with Crippen LogP contribution in [0, 0.1) is 0 Å². The monoisotopic (exact) mass is 232 g/mol. The van der Waals surface area contributed by atoms with Gasteiger partial charge in [0, 0.05) is 26.3 Å². The number of hydrogen-bond acceptors (Lipinski definition) is 3. The van der Waals surface area contributed by atoms with Gasteiger partial charge >= 0.3 is 5.97 Å². The number of ether oxygens (including phenoxy) is 1. The first kappa shape index (κ1) is 12.0. The first-order valence-electron chi connectivity index (χ1n) is 4.43. The van der Waals surface area contributed by atoms with Gasteiger partial charge in [-0.3, -0.25) is 4.68 Å². The van der Waals surface area contributed by atoms with Crippen LogP contribution in [0.4, 0.5) is 0 Å². The number of carbonyl (C=O) groups is 1. The van der Waals surface area contributed by atoms with E-state index in [1.165, 1.54) is 24.2 Å². The van der Waals surface area contributed by atoms with Crippen LogP contribution in [0.5, 0.6) is 0 Å². The van der Waals surface area contributed by atoms with Crippen LogP contribution in [0.3, 0.4) is 0 Å². The number of rotatable bonds is 5. The fourth-order valence-electron chi connectivity index (χ4n) is 1.19. The molecule has 0 radical (unpaired) electrons. The fourth-order valence-corrected chi connectivity index (χ4v) is 1.33. The van der Waals surface area contributed by atoms with Crippen LogP contribution in [0.2, 0.25) is 5.02 Å². The number of carboxylic acid groups (broad SMARTS) is 1. The summed E-state index contributed by atoms with van der Waals surface area (Å²) < 4.78 is 6.22. The molecule has 6 heteroatoms. The van der Waals surface area contributed by atoms with Crippen LogP contribution in [-0.2, 0) is 15.1 Å². The maximum absolute atomic E-state index is 11.2. The summed E-state index contributed by atoms with van der Waals surface area (Å²) in [6.45, 7) is 1.93. The van der Waals surface area contributed by atoms with Gasteiger partial charge in [0.2, 0.25) is 0 Å². The van der Waals surface area contributed by atoms with E-state index in [-0.39, 0.29) is 0 Å². The van der Waals surface area contributed by atoms with Gasteiger partial charge in [0.1, 0.15) is 0 Å². The van der Waals surface area contributed by atoms with E-state index in [4.69, 9.17) is 21.4 Å². The molecule has 84 valence electrons. The van der Waals surface area contributed by atoms with Gasteiger partial charge in [-0.1, -0.05) is 11.6 Å². The van der Waals surface area contributed by atoms with Gasteiger partial charge in [-0.25, -0.2) is 4.79 Å². The van der Waals surface area contributed by atoms with E-state index in [1.54, 1.807) is 6.92 Å². The molecule has 0 aliphatic heterocycles. The van der Waals surface area contributed by atoms with E-state index >= 15 is 0 Å². The van der Waals surface area contributed by atoms with Gasteiger partial charge in [0.05, 0.1) is 11.2 Å². The first-order chi connectivity index (χ1) is 7.00. The van der Waals surface area contributed by atoms with Gasteiger partial charge in [-0.2, -0.15) is 5.10 Å². The van der Waals surface area contributed by atoms with E-state index in [1.807, 2.05) is 0 Å². The molecule has 0 bridgehead atoms. The molecule has 0 aromatic carbocycles. The highest BCUT2D eigenvalue weighted by molar-refractivity contribution is 6.30. The Morgan fingerprint density at radius 3 is 2.87 bits per heavy atom. The van der Waals surface area contributed by atoms with Crippen LogP contribution >= 0.6 is 11.6 Å². The Balaban J connectivity index is 2.95. The molecule has 1 aromatic rings. The highest BCUT2D eigenvalue weighted by atomic mass is 35.5. The van der Waals surface area contributed by atoms with Crippen molar-refractivity contribution in [3.63, 3.8) is 0 Å². The van der Waals surface area contributed by atoms with E-state index in [2.05, 4.69) is 5.10 Å². The maximum atomic E-state index is 11.2. The van der Waals surface area contributed by atoms with Crippen LogP contribution in [0.1, 0.15) is 13.3 Å². The number of carboxylic acids is 1. The molecular weight excluding hydrogens is 220 g/mol. The lowest BCUT2D eigenvalue weighted by Gasteiger charge is -2.24. The third kappa shape index (κ3) is 2.49. The van der Waals surface area contributed by atoms with Gasteiger partial charge in [-0.15, -0.1) is 0 Å². The van der Waals surface area contributed by atoms with Crippen molar-refractivity contribution in [1.29, 1.82) is 0 Å². The molecule has 0 spiro atoms. The molecule has 0 saturated heterocycles. The molecule has 15 heavy (non-hydrogen) atoms. The third-order valence-corrected chi connectivity index (χ3v) is 2.51. The topological polar surface area (TPSA) is 64.3 Å². The second-order valence-corrected chi connectivity index (χ2v) is 3.86. The minimum absolute atomic E-state index is 0.330. The van der Waals surface area contributed by atoms with E-state index in [0.717, 1.165) is 0 Å². The molecule has 1 atom stereocenters. The van der Waals surface area contributed by atoms with Gasteiger partial charge in [0.25, 0.3) is 0 Å². The van der Waals surface area contributed by atoms with Gasteiger partial charge in [-0.05, 0) is 6.92 Å². The Kier molecular flexibility index (Phi) is 3.71. The van der Waals surface area contributed by atoms with Gasteiger partial charge < -0.3 is 9.84 Å². The standard InChI is InChI=1S/C9H13ClN2O3/c1-9(8(13)14,3-4-15-2)12-6-7(10)5-11-12/h5-6H,3-4H2,1-2H3,(H,13,14). The lowest BCUT2D eigenvalue weighted by Crippen LogP contribution is -2.40. The molecule has 0 aliphatic carbocycles. The Bertz CT molecular complexity index is 353. The molecule has 1 aromatic heterocycles. The molecule has 1 unspecified atom stereocenters. The average molecular weight is 233 g/mol. The van der Waals surface area contributed by atoms with Crippen molar-refractivity contribution in [1.82, 2.24) is 9.78 Å². The number of aliphatic carboxylic acids is 1. The summed E-state index contributed by atoms with van der Waals surface area (Å²) in [5.41, 5.74) is -1.12. The minimum Gasteiger partial charge on any atom is -0.479 e. The van der Waals surface area contributed by atoms with Crippen molar-refractivity contribution in [2.75, 3.05) is 13.7 Å². The summed E-state index contributed by atoms with van der Waals surface area (Å²) in [4.78, 5) is 11.2. The Morgan fingerprint density at radius 2 is 2.47 bits per heavy atom. The van der Waals surface area contributed by atoms with Crippen molar-refractivity contribution < 1.29 is 14.6 Å². The minimum atomic E-state index is -1.12. The molecule has 0 amide bonds. The summed E-state index contributed by atoms with van der Waals surface area (Å²) in [6.07, 6.45) is 3.23. The quantitative estimate of drug-likeness (QED) is 0.833. The van der Waals surface area contributed by atoms with Gasteiger partial charge in [0.15, 0.2) is 5.54 Å². The van der Waals surface area contributed by atoms with Crippen molar-refractivity contribution in [2.45, 2.75) is 18.9 Å². The van der Waals surface area contributed by atoms with Crippen LogP contribution in [-0.4, -0.2) is 34.6 Å². The molecule has 1 heterocycles. The molecule has 0 aliphatic rings. The smallest absolute Gasteiger partial charge is 0.331 e. The Labute approximate surface area is 92.6 Å². The molecule has 1 N–H and O–H groups in total. The average Bonchev–Trinajstić information content (AvgIpc) is 2.61. The number of methoxy groups -OCH3 is 1. The number of aromatic nitrogens is 2. The molecule has 1 rings (SSSR count). The predicted molar refractivity (Wildman–Crippen MR) is 55.0 cm³/mol. The van der Waals surface area contributed by atoms with E-state index in [0.29, 0.717) is 18.1 Å². The molecule has 0 fully saturated rings. The molecular formula is C9H13ClN2O3. The zero-order chi connectivity index (χ0) is 11.5. The Hall–Kier alpha value is -1.07.